The van der Waals surface area contributed by atoms with Crippen molar-refractivity contribution in [1.29, 1.82) is 0 Å². The maximum Gasteiger partial charge on any atom is 0.143 e. The first-order valence-corrected chi connectivity index (χ1v) is 12.2. The van der Waals surface area contributed by atoms with Crippen molar-refractivity contribution < 1.29 is 6.16 Å². The number of aromatic nitrogens is 3. The van der Waals surface area contributed by atoms with Gasteiger partial charge in [0.2, 0.25) is 0 Å². The smallest absolute Gasteiger partial charge is 0.143 e. The van der Waals surface area contributed by atoms with Gasteiger partial charge in [0.25, 0.3) is 0 Å². The van der Waals surface area contributed by atoms with E-state index < -0.39 is 0 Å². The highest BCUT2D eigenvalue weighted by atomic mass is 16.5. The largest absolute Gasteiger partial charge is 0.381 e. The van der Waals surface area contributed by atoms with Crippen LogP contribution in [0.2, 0.25) is 0 Å². The van der Waals surface area contributed by atoms with Gasteiger partial charge in [0.15, 0.2) is 0 Å². The molecule has 2 aliphatic heterocycles. The molecule has 0 amide bonds. The van der Waals surface area contributed by atoms with Crippen LogP contribution in [0.25, 0.3) is 11.0 Å². The molecular weight excluding hydrogens is 398 g/mol. The van der Waals surface area contributed by atoms with E-state index in [2.05, 4.69) is 57.1 Å². The van der Waals surface area contributed by atoms with Crippen molar-refractivity contribution in [3.8, 4) is 0 Å². The monoisotopic (exact) mass is 431 g/mol. The van der Waals surface area contributed by atoms with E-state index in [0.29, 0.717) is 23.8 Å². The highest BCUT2D eigenvalue weighted by Crippen LogP contribution is 2.44. The second kappa shape index (κ2) is 7.29. The van der Waals surface area contributed by atoms with Crippen LogP contribution in [0.1, 0.15) is 49.5 Å². The summed E-state index contributed by atoms with van der Waals surface area (Å²) < 4.78 is 5.76. The minimum absolute atomic E-state index is 0. The molecule has 1 aromatic carbocycles. The number of rotatable bonds is 4. The number of aryl methyl sites for hydroxylation is 1. The molecule has 1 N–H and O–H groups in total. The van der Waals surface area contributed by atoms with Gasteiger partial charge in [0.05, 0.1) is 24.6 Å². The molecule has 0 bridgehead atoms. The third kappa shape index (κ3) is 3.00. The minimum atomic E-state index is 0. The van der Waals surface area contributed by atoms with Gasteiger partial charge in [0, 0.05) is 45.1 Å². The Kier molecular flexibility index (Phi) is 4.34. The predicted molar refractivity (Wildman–Crippen MR) is 127 cm³/mol. The van der Waals surface area contributed by atoms with Gasteiger partial charge in [-0.2, -0.15) is 0 Å². The molecule has 32 heavy (non-hydrogen) atoms. The highest BCUT2D eigenvalue weighted by molar-refractivity contribution is 5.88. The lowest BCUT2D eigenvalue weighted by atomic mass is 9.82. The molecule has 4 heterocycles. The minimum Gasteiger partial charge on any atom is -0.381 e. The standard InChI is InChI=1S/C26H31N5O.H2/c1-30(26-21-10-22(17-6-7-17)29-25(21)27-15-28-26)24-20-5-3-2-4-16(20)8-9-23(24)31-11-18-13-32-14-19(18)12-31;/h2-5,10,15,17-19,23-24H,6-9,11-14H2,1H3,(H,27,28,29);1H/t18-,19+,23?,24?;. The zero-order chi connectivity index (χ0) is 21.2. The molecule has 1 saturated carbocycles. The second-order valence-electron chi connectivity index (χ2n) is 10.3. The number of likely N-dealkylation sites (tertiary alicyclic amines) is 1. The van der Waals surface area contributed by atoms with Crippen LogP contribution in [-0.2, 0) is 11.2 Å². The van der Waals surface area contributed by atoms with E-state index >= 15 is 0 Å². The molecular formula is C26H33N5O. The quantitative estimate of drug-likeness (QED) is 0.673. The highest BCUT2D eigenvalue weighted by Gasteiger charge is 2.44. The average molecular weight is 432 g/mol. The first-order chi connectivity index (χ1) is 15.8. The van der Waals surface area contributed by atoms with Crippen LogP contribution in [0.15, 0.2) is 36.7 Å². The van der Waals surface area contributed by atoms with Crippen LogP contribution in [0, 0.1) is 11.8 Å². The number of likely N-dealkylation sites (N-methyl/N-ethyl adjacent to an activating group) is 1. The maximum absolute atomic E-state index is 5.76. The lowest BCUT2D eigenvalue weighted by molar-refractivity contribution is 0.124. The molecule has 168 valence electrons. The zero-order valence-corrected chi connectivity index (χ0v) is 18.7. The van der Waals surface area contributed by atoms with Crippen LogP contribution < -0.4 is 4.90 Å². The lowest BCUT2D eigenvalue weighted by Gasteiger charge is -2.44. The summed E-state index contributed by atoms with van der Waals surface area (Å²) in [6, 6.07) is 12.1. The Morgan fingerprint density at radius 3 is 2.72 bits per heavy atom. The van der Waals surface area contributed by atoms with Crippen LogP contribution in [0.3, 0.4) is 0 Å². The Morgan fingerprint density at radius 2 is 1.91 bits per heavy atom. The van der Waals surface area contributed by atoms with E-state index in [9.17, 15) is 0 Å². The van der Waals surface area contributed by atoms with Gasteiger partial charge in [-0.15, -0.1) is 0 Å². The first-order valence-electron chi connectivity index (χ1n) is 12.2. The van der Waals surface area contributed by atoms with Crippen molar-refractivity contribution in [2.75, 3.05) is 38.3 Å². The van der Waals surface area contributed by atoms with Crippen molar-refractivity contribution in [2.45, 2.75) is 43.7 Å². The topological polar surface area (TPSA) is 57.3 Å². The average Bonchev–Trinajstić information content (AvgIpc) is 3.23. The summed E-state index contributed by atoms with van der Waals surface area (Å²) in [5, 5.41) is 1.16. The van der Waals surface area contributed by atoms with Gasteiger partial charge in [0.1, 0.15) is 17.8 Å². The fourth-order valence-corrected chi connectivity index (χ4v) is 6.54. The molecule has 6 nitrogen and oxygen atoms in total. The van der Waals surface area contributed by atoms with E-state index in [4.69, 9.17) is 9.72 Å². The molecule has 7 rings (SSSR count). The Morgan fingerprint density at radius 1 is 1.09 bits per heavy atom. The molecule has 0 radical (unpaired) electrons. The number of ether oxygens (including phenoxy) is 1. The van der Waals surface area contributed by atoms with Gasteiger partial charge in [-0.25, -0.2) is 9.97 Å². The fraction of sp³-hybridized carbons (Fsp3) is 0.538. The number of H-pyrrole nitrogens is 1. The van der Waals surface area contributed by atoms with Gasteiger partial charge in [-0.3, -0.25) is 4.90 Å². The van der Waals surface area contributed by atoms with Crippen molar-refractivity contribution in [3.63, 3.8) is 0 Å². The van der Waals surface area contributed by atoms with Crippen molar-refractivity contribution in [2.24, 2.45) is 11.8 Å². The number of hydrogen-bond donors (Lipinski definition) is 1. The summed E-state index contributed by atoms with van der Waals surface area (Å²) in [5.41, 5.74) is 5.24. The number of nitrogens with one attached hydrogen (secondary N) is 1. The SMILES string of the molecule is CN(c1ncnc2[nH]c(C3CC3)cc12)C1c2ccccc2CCC1N1C[C@H]2COC[C@H]2C1.[HH]. The van der Waals surface area contributed by atoms with E-state index in [1.165, 1.54) is 36.1 Å². The van der Waals surface area contributed by atoms with Crippen LogP contribution >= 0.6 is 0 Å². The molecule has 2 unspecified atom stereocenters. The van der Waals surface area contributed by atoms with E-state index in [1.807, 2.05) is 0 Å². The lowest BCUT2D eigenvalue weighted by Crippen LogP contribution is -2.47. The number of benzene rings is 1. The molecule has 2 saturated heterocycles. The first kappa shape index (κ1) is 19.1. The van der Waals surface area contributed by atoms with E-state index in [0.717, 1.165) is 49.6 Å². The summed E-state index contributed by atoms with van der Waals surface area (Å²) in [4.78, 5) is 18.2. The Labute approximate surface area is 190 Å². The number of nitrogens with zero attached hydrogens (tertiary/aromatic N) is 4. The summed E-state index contributed by atoms with van der Waals surface area (Å²) in [6.07, 6.45) is 6.64. The maximum atomic E-state index is 5.76. The summed E-state index contributed by atoms with van der Waals surface area (Å²) >= 11 is 0. The normalized spacial score (nSPS) is 29.9. The van der Waals surface area contributed by atoms with Crippen LogP contribution in [0.5, 0.6) is 0 Å². The van der Waals surface area contributed by atoms with Crippen molar-refractivity contribution in [3.05, 3.63) is 53.5 Å². The Bertz CT molecular complexity index is 1150. The van der Waals surface area contributed by atoms with Crippen molar-refractivity contribution >= 4 is 16.9 Å². The number of aromatic amines is 1. The van der Waals surface area contributed by atoms with Crippen LogP contribution in [0.4, 0.5) is 5.82 Å². The fourth-order valence-electron chi connectivity index (χ4n) is 6.54. The second-order valence-corrected chi connectivity index (χ2v) is 10.3. The molecule has 4 atom stereocenters. The van der Waals surface area contributed by atoms with E-state index in [-0.39, 0.29) is 7.47 Å². The van der Waals surface area contributed by atoms with E-state index in [1.54, 1.807) is 6.33 Å². The summed E-state index contributed by atoms with van der Waals surface area (Å²) in [7, 11) is 2.24. The van der Waals surface area contributed by atoms with Gasteiger partial charge >= 0.3 is 0 Å². The summed E-state index contributed by atoms with van der Waals surface area (Å²) in [6.45, 7) is 4.20. The molecule has 0 spiro atoms. The van der Waals surface area contributed by atoms with Gasteiger partial charge in [-0.1, -0.05) is 24.3 Å². The third-order valence-electron chi connectivity index (χ3n) is 8.38. The third-order valence-corrected chi connectivity index (χ3v) is 8.38. The predicted octanol–water partition coefficient (Wildman–Crippen LogP) is 4.15. The molecule has 6 heteroatoms. The molecule has 3 fully saturated rings. The van der Waals surface area contributed by atoms with Crippen LogP contribution in [-0.4, -0.2) is 59.2 Å². The van der Waals surface area contributed by atoms with Gasteiger partial charge in [-0.05, 0) is 48.8 Å². The van der Waals surface area contributed by atoms with Gasteiger partial charge < -0.3 is 14.6 Å². The van der Waals surface area contributed by atoms with Crippen molar-refractivity contribution in [1.82, 2.24) is 19.9 Å². The number of hydrogen-bond acceptors (Lipinski definition) is 5. The number of fused-ring (bicyclic) bond motifs is 3. The molecule has 3 aromatic rings. The summed E-state index contributed by atoms with van der Waals surface area (Å²) in [5.74, 6) is 3.13. The molecule has 2 aliphatic carbocycles. The molecule has 4 aliphatic rings. The molecule has 2 aromatic heterocycles. The Hall–Kier alpha value is -2.44. The number of anilines is 1. The zero-order valence-electron chi connectivity index (χ0n) is 18.7. The Balaban J connectivity index is 0.00000206.